The Bertz CT molecular complexity index is 536. The fourth-order valence-electron chi connectivity index (χ4n) is 4.22. The molecule has 0 spiro atoms. The van der Waals surface area contributed by atoms with Crippen molar-refractivity contribution in [3.05, 3.63) is 35.9 Å². The maximum atomic E-state index is 12.8. The largest absolute Gasteiger partial charge is 0.342 e. The van der Waals surface area contributed by atoms with Gasteiger partial charge in [-0.15, -0.1) is 12.4 Å². The Kier molecular flexibility index (Phi) is 6.70. The van der Waals surface area contributed by atoms with Gasteiger partial charge in [0, 0.05) is 25.0 Å². The molecule has 3 atom stereocenters. The number of benzene rings is 1. The average molecular weight is 351 g/mol. The number of rotatable bonds is 4. The third kappa shape index (κ3) is 4.73. The number of halogens is 1. The molecular formula is C20H31ClN2O. The van der Waals surface area contributed by atoms with Crippen LogP contribution in [0.15, 0.2) is 30.3 Å². The van der Waals surface area contributed by atoms with Crippen LogP contribution in [0.4, 0.5) is 0 Å². The summed E-state index contributed by atoms with van der Waals surface area (Å²) in [6, 6.07) is 10.9. The molecule has 1 saturated carbocycles. The first-order valence-electron chi connectivity index (χ1n) is 9.14. The van der Waals surface area contributed by atoms with Gasteiger partial charge in [-0.3, -0.25) is 4.79 Å². The van der Waals surface area contributed by atoms with Crippen molar-refractivity contribution in [3.63, 3.8) is 0 Å². The number of nitrogens with zero attached hydrogens (tertiary/aromatic N) is 1. The van der Waals surface area contributed by atoms with E-state index in [9.17, 15) is 4.79 Å². The van der Waals surface area contributed by atoms with Gasteiger partial charge in [-0.25, -0.2) is 0 Å². The van der Waals surface area contributed by atoms with Crippen LogP contribution >= 0.6 is 12.4 Å². The number of nitrogens with two attached hydrogens (primary N) is 1. The van der Waals surface area contributed by atoms with Crippen molar-refractivity contribution in [1.82, 2.24) is 4.90 Å². The maximum absolute atomic E-state index is 12.8. The van der Waals surface area contributed by atoms with E-state index in [-0.39, 0.29) is 29.8 Å². The van der Waals surface area contributed by atoms with Gasteiger partial charge in [0.15, 0.2) is 0 Å². The Morgan fingerprint density at radius 1 is 1.29 bits per heavy atom. The zero-order chi connectivity index (χ0) is 16.3. The zero-order valence-electron chi connectivity index (χ0n) is 14.7. The molecule has 0 radical (unpaired) electrons. The van der Waals surface area contributed by atoms with E-state index in [1.165, 1.54) is 5.56 Å². The van der Waals surface area contributed by atoms with Gasteiger partial charge in [-0.05, 0) is 49.5 Å². The first-order chi connectivity index (χ1) is 11.1. The molecule has 1 aromatic rings. The fraction of sp³-hybridized carbons (Fsp3) is 0.650. The lowest BCUT2D eigenvalue weighted by Crippen LogP contribution is -2.40. The predicted molar refractivity (Wildman–Crippen MR) is 101 cm³/mol. The molecule has 0 aromatic heterocycles. The minimum Gasteiger partial charge on any atom is -0.342 e. The minimum absolute atomic E-state index is 0. The number of hydrogen-bond acceptors (Lipinski definition) is 2. The molecule has 1 saturated heterocycles. The smallest absolute Gasteiger partial charge is 0.225 e. The average Bonchev–Trinajstić information content (AvgIpc) is 2.96. The molecule has 1 aromatic carbocycles. The molecule has 1 heterocycles. The Hall–Kier alpha value is -1.06. The van der Waals surface area contributed by atoms with Gasteiger partial charge in [-0.1, -0.05) is 43.7 Å². The molecule has 2 fully saturated rings. The van der Waals surface area contributed by atoms with E-state index >= 15 is 0 Å². The van der Waals surface area contributed by atoms with Gasteiger partial charge in [0.05, 0.1) is 0 Å². The van der Waals surface area contributed by atoms with Gasteiger partial charge < -0.3 is 10.6 Å². The SMILES string of the molecule is CC1(CCc2ccccc2)CCN(C(=O)C2CCCC(N)C2)C1.Cl. The van der Waals surface area contributed by atoms with E-state index in [0.29, 0.717) is 5.91 Å². The molecule has 2 aliphatic rings. The van der Waals surface area contributed by atoms with E-state index < -0.39 is 0 Å². The summed E-state index contributed by atoms with van der Waals surface area (Å²) in [7, 11) is 0. The normalized spacial score (nSPS) is 30.0. The summed E-state index contributed by atoms with van der Waals surface area (Å²) < 4.78 is 0. The Morgan fingerprint density at radius 3 is 2.75 bits per heavy atom. The van der Waals surface area contributed by atoms with E-state index in [0.717, 1.165) is 58.0 Å². The molecule has 134 valence electrons. The monoisotopic (exact) mass is 350 g/mol. The lowest BCUT2D eigenvalue weighted by molar-refractivity contribution is -0.136. The van der Waals surface area contributed by atoms with Crippen molar-refractivity contribution >= 4 is 18.3 Å². The third-order valence-corrected chi connectivity index (χ3v) is 5.79. The van der Waals surface area contributed by atoms with Crippen molar-refractivity contribution in [1.29, 1.82) is 0 Å². The molecule has 0 bridgehead atoms. The van der Waals surface area contributed by atoms with Crippen molar-refractivity contribution in [2.45, 2.75) is 57.9 Å². The van der Waals surface area contributed by atoms with E-state index in [1.807, 2.05) is 0 Å². The Balaban J connectivity index is 0.00000208. The van der Waals surface area contributed by atoms with Crippen LogP contribution in [0.3, 0.4) is 0 Å². The molecule has 3 rings (SSSR count). The topological polar surface area (TPSA) is 46.3 Å². The van der Waals surface area contributed by atoms with Gasteiger partial charge in [0.1, 0.15) is 0 Å². The second-order valence-corrected chi connectivity index (χ2v) is 7.93. The maximum Gasteiger partial charge on any atom is 0.225 e. The lowest BCUT2D eigenvalue weighted by Gasteiger charge is -2.30. The van der Waals surface area contributed by atoms with Gasteiger partial charge in [-0.2, -0.15) is 0 Å². The van der Waals surface area contributed by atoms with Crippen LogP contribution in [-0.2, 0) is 11.2 Å². The molecule has 4 heteroatoms. The first-order valence-corrected chi connectivity index (χ1v) is 9.14. The Morgan fingerprint density at radius 2 is 2.04 bits per heavy atom. The fourth-order valence-corrected chi connectivity index (χ4v) is 4.22. The molecule has 1 aliphatic heterocycles. The van der Waals surface area contributed by atoms with Crippen LogP contribution in [0.5, 0.6) is 0 Å². The highest BCUT2D eigenvalue weighted by Crippen LogP contribution is 2.36. The molecular weight excluding hydrogens is 320 g/mol. The summed E-state index contributed by atoms with van der Waals surface area (Å²) in [6.45, 7) is 4.19. The number of hydrogen-bond donors (Lipinski definition) is 1. The minimum atomic E-state index is 0. The third-order valence-electron chi connectivity index (χ3n) is 5.79. The molecule has 3 unspecified atom stereocenters. The highest BCUT2D eigenvalue weighted by molar-refractivity contribution is 5.85. The summed E-state index contributed by atoms with van der Waals surface area (Å²) in [5, 5.41) is 0. The van der Waals surface area contributed by atoms with Crippen molar-refractivity contribution in [2.24, 2.45) is 17.1 Å². The van der Waals surface area contributed by atoms with Crippen LogP contribution < -0.4 is 5.73 Å². The molecule has 1 aliphatic carbocycles. The first kappa shape index (κ1) is 19.3. The number of carbonyl (C=O) groups excluding carboxylic acids is 1. The number of carbonyl (C=O) groups is 1. The summed E-state index contributed by atoms with van der Waals surface area (Å²) >= 11 is 0. The molecule has 3 nitrogen and oxygen atoms in total. The quantitative estimate of drug-likeness (QED) is 0.897. The number of amides is 1. The Labute approximate surface area is 152 Å². The lowest BCUT2D eigenvalue weighted by atomic mass is 9.83. The summed E-state index contributed by atoms with van der Waals surface area (Å²) in [6.07, 6.45) is 7.50. The number of aryl methyl sites for hydroxylation is 1. The highest BCUT2D eigenvalue weighted by Gasteiger charge is 2.38. The molecule has 1 amide bonds. The number of likely N-dealkylation sites (tertiary alicyclic amines) is 1. The van der Waals surface area contributed by atoms with Crippen LogP contribution in [-0.4, -0.2) is 29.9 Å². The highest BCUT2D eigenvalue weighted by atomic mass is 35.5. The van der Waals surface area contributed by atoms with E-state index in [2.05, 4.69) is 42.2 Å². The summed E-state index contributed by atoms with van der Waals surface area (Å²) in [5.74, 6) is 0.541. The van der Waals surface area contributed by atoms with Gasteiger partial charge in [0.25, 0.3) is 0 Å². The van der Waals surface area contributed by atoms with Crippen LogP contribution in [0.1, 0.15) is 51.0 Å². The zero-order valence-corrected chi connectivity index (χ0v) is 15.6. The van der Waals surface area contributed by atoms with Crippen LogP contribution in [0.2, 0.25) is 0 Å². The second kappa shape index (κ2) is 8.35. The predicted octanol–water partition coefficient (Wildman–Crippen LogP) is 3.80. The van der Waals surface area contributed by atoms with Crippen LogP contribution in [0.25, 0.3) is 0 Å². The van der Waals surface area contributed by atoms with Crippen molar-refractivity contribution in [2.75, 3.05) is 13.1 Å². The summed E-state index contributed by atoms with van der Waals surface area (Å²) in [5.41, 5.74) is 7.72. The van der Waals surface area contributed by atoms with Gasteiger partial charge >= 0.3 is 0 Å². The van der Waals surface area contributed by atoms with Crippen molar-refractivity contribution in [3.8, 4) is 0 Å². The standard InChI is InChI=1S/C20H30N2O.ClH/c1-20(11-10-16-6-3-2-4-7-16)12-13-22(15-20)19(23)17-8-5-9-18(21)14-17;/h2-4,6-7,17-18H,5,8-15,21H2,1H3;1H. The van der Waals surface area contributed by atoms with E-state index in [1.54, 1.807) is 0 Å². The van der Waals surface area contributed by atoms with Gasteiger partial charge in [0.2, 0.25) is 5.91 Å². The molecule has 2 N–H and O–H groups in total. The van der Waals surface area contributed by atoms with Crippen molar-refractivity contribution < 1.29 is 4.79 Å². The molecule has 24 heavy (non-hydrogen) atoms. The van der Waals surface area contributed by atoms with Crippen LogP contribution in [0, 0.1) is 11.3 Å². The second-order valence-electron chi connectivity index (χ2n) is 7.93. The van der Waals surface area contributed by atoms with E-state index in [4.69, 9.17) is 5.73 Å². The summed E-state index contributed by atoms with van der Waals surface area (Å²) in [4.78, 5) is 14.9.